The maximum absolute atomic E-state index is 14.7. The van der Waals surface area contributed by atoms with Crippen LogP contribution in [-0.2, 0) is 23.3 Å². The van der Waals surface area contributed by atoms with Gasteiger partial charge < -0.3 is 9.84 Å². The Bertz CT molecular complexity index is 1150. The van der Waals surface area contributed by atoms with Crippen LogP contribution in [-0.4, -0.2) is 56.5 Å². The van der Waals surface area contributed by atoms with Crippen LogP contribution in [0.4, 0.5) is 8.78 Å². The van der Waals surface area contributed by atoms with Crippen molar-refractivity contribution in [3.8, 4) is 0 Å². The van der Waals surface area contributed by atoms with E-state index in [0.29, 0.717) is 31.5 Å². The number of ether oxygens (including phenoxy) is 1. The van der Waals surface area contributed by atoms with E-state index in [4.69, 9.17) is 4.74 Å². The van der Waals surface area contributed by atoms with Gasteiger partial charge in [-0.15, -0.1) is 0 Å². The zero-order valence-corrected chi connectivity index (χ0v) is 21.2. The average Bonchev–Trinajstić information content (AvgIpc) is 3.38. The molecule has 1 atom stereocenters. The lowest BCUT2D eigenvalue weighted by molar-refractivity contribution is -0.0396. The molecule has 0 amide bonds. The molecule has 1 fully saturated rings. The van der Waals surface area contributed by atoms with Gasteiger partial charge in [0, 0.05) is 31.3 Å². The van der Waals surface area contributed by atoms with Crippen molar-refractivity contribution >= 4 is 5.97 Å². The van der Waals surface area contributed by atoms with Crippen molar-refractivity contribution in [2.45, 2.75) is 63.7 Å². The highest BCUT2D eigenvalue weighted by Gasteiger charge is 2.37. The normalized spacial score (nSPS) is 16.4. The van der Waals surface area contributed by atoms with Crippen LogP contribution in [0.25, 0.3) is 0 Å². The molecule has 0 bridgehead atoms. The van der Waals surface area contributed by atoms with Gasteiger partial charge in [-0.25, -0.2) is 23.2 Å². The summed E-state index contributed by atoms with van der Waals surface area (Å²) in [6.45, 7) is 3.34. The van der Waals surface area contributed by atoms with Crippen molar-refractivity contribution in [1.82, 2.24) is 19.7 Å². The summed E-state index contributed by atoms with van der Waals surface area (Å²) < 4.78 is 35.4. The van der Waals surface area contributed by atoms with Gasteiger partial charge in [-0.3, -0.25) is 4.90 Å². The number of β-amino-alcohol motifs (C(OH)–C–C–N with tert-alkyl or cyclic N) is 1. The number of piperidine rings is 1. The van der Waals surface area contributed by atoms with E-state index < -0.39 is 17.2 Å². The molecule has 9 heteroatoms. The first-order valence-corrected chi connectivity index (χ1v) is 12.9. The number of nitrogens with zero attached hydrogens (tertiary/aromatic N) is 4. The minimum absolute atomic E-state index is 0.00362. The van der Waals surface area contributed by atoms with Gasteiger partial charge in [0.2, 0.25) is 0 Å². The average molecular weight is 513 g/mol. The molecule has 0 saturated carbocycles. The smallest absolute Gasteiger partial charge is 0.338 e. The van der Waals surface area contributed by atoms with E-state index in [1.165, 1.54) is 41.8 Å². The number of carbonyl (C=O) groups excluding carboxylic acids is 1. The minimum atomic E-state index is -1.66. The van der Waals surface area contributed by atoms with Crippen molar-refractivity contribution in [2.75, 3.05) is 19.6 Å². The summed E-state index contributed by atoms with van der Waals surface area (Å²) in [7, 11) is 0. The van der Waals surface area contributed by atoms with E-state index in [1.54, 1.807) is 0 Å². The number of benzene rings is 2. The lowest BCUT2D eigenvalue weighted by Crippen LogP contribution is -2.48. The molecule has 1 aliphatic rings. The molecular weight excluding hydrogens is 478 g/mol. The van der Waals surface area contributed by atoms with Crippen molar-refractivity contribution in [3.05, 3.63) is 83.4 Å². The number of unbranched alkanes of at least 4 members (excludes halogenated alkanes) is 2. The van der Waals surface area contributed by atoms with E-state index >= 15 is 0 Å². The highest BCUT2D eigenvalue weighted by Crippen LogP contribution is 2.29. The fraction of sp³-hybridized carbons (Fsp3) is 0.464. The minimum Gasteiger partial charge on any atom is -0.459 e. The lowest BCUT2D eigenvalue weighted by Gasteiger charge is -2.38. The molecule has 1 aromatic heterocycles. The number of hydrogen-bond donors (Lipinski definition) is 1. The zero-order chi connectivity index (χ0) is 26.3. The van der Waals surface area contributed by atoms with Crippen molar-refractivity contribution in [3.63, 3.8) is 0 Å². The number of esters is 1. The predicted octanol–water partition coefficient (Wildman–Crippen LogP) is 4.50. The number of halogens is 2. The Morgan fingerprint density at radius 1 is 1.11 bits per heavy atom. The second-order valence-electron chi connectivity index (χ2n) is 9.78. The molecule has 1 unspecified atom stereocenters. The standard InChI is InChI=1S/C28H34F2N4O3/c1-2-3-4-5-21-6-8-22(9-7-21)27(35)37-24-12-14-33(15-13-24)17-28(36,18-34-20-31-19-32-34)25-11-10-23(29)16-26(25)30/h6-11,16,19-20,24,36H,2-5,12-15,17-18H2,1H3. The van der Waals surface area contributed by atoms with Gasteiger partial charge in [-0.2, -0.15) is 5.10 Å². The van der Waals surface area contributed by atoms with E-state index in [9.17, 15) is 18.7 Å². The van der Waals surface area contributed by atoms with Gasteiger partial charge in [-0.05, 0) is 49.4 Å². The molecule has 4 rings (SSSR count). The number of aliphatic hydroxyl groups is 1. The van der Waals surface area contributed by atoms with E-state index in [-0.39, 0.29) is 30.7 Å². The monoisotopic (exact) mass is 512 g/mol. The summed E-state index contributed by atoms with van der Waals surface area (Å²) in [5.41, 5.74) is 0.0921. The summed E-state index contributed by atoms with van der Waals surface area (Å²) in [5, 5.41) is 15.6. The van der Waals surface area contributed by atoms with Crippen LogP contribution in [0.5, 0.6) is 0 Å². The molecule has 2 heterocycles. The number of aromatic nitrogens is 3. The van der Waals surface area contributed by atoms with E-state index in [2.05, 4.69) is 17.0 Å². The number of carbonyl (C=O) groups is 1. The molecule has 198 valence electrons. The Morgan fingerprint density at radius 2 is 1.86 bits per heavy atom. The second kappa shape index (κ2) is 12.4. The highest BCUT2D eigenvalue weighted by atomic mass is 19.1. The molecule has 37 heavy (non-hydrogen) atoms. The summed E-state index contributed by atoms with van der Waals surface area (Å²) in [5.74, 6) is -1.87. The third-order valence-electron chi connectivity index (χ3n) is 6.87. The topological polar surface area (TPSA) is 80.5 Å². The third kappa shape index (κ3) is 7.20. The molecular formula is C28H34F2N4O3. The lowest BCUT2D eigenvalue weighted by atomic mass is 9.91. The van der Waals surface area contributed by atoms with Gasteiger partial charge in [-0.1, -0.05) is 38.0 Å². The fourth-order valence-electron chi connectivity index (χ4n) is 4.83. The van der Waals surface area contributed by atoms with Crippen LogP contribution >= 0.6 is 0 Å². The van der Waals surface area contributed by atoms with Crippen molar-refractivity contribution < 1.29 is 23.4 Å². The Morgan fingerprint density at radius 3 is 2.51 bits per heavy atom. The quantitative estimate of drug-likeness (QED) is 0.301. The largest absolute Gasteiger partial charge is 0.459 e. The van der Waals surface area contributed by atoms with Crippen LogP contribution in [0.2, 0.25) is 0 Å². The first kappa shape index (κ1) is 26.9. The molecule has 2 aromatic carbocycles. The van der Waals surface area contributed by atoms with E-state index in [1.807, 2.05) is 29.2 Å². The van der Waals surface area contributed by atoms with Crippen LogP contribution in [0.3, 0.4) is 0 Å². The molecule has 1 N–H and O–H groups in total. The first-order chi connectivity index (χ1) is 17.9. The van der Waals surface area contributed by atoms with Crippen molar-refractivity contribution in [2.24, 2.45) is 0 Å². The molecule has 1 aliphatic heterocycles. The Hall–Kier alpha value is -3.17. The van der Waals surface area contributed by atoms with Gasteiger partial charge >= 0.3 is 5.97 Å². The predicted molar refractivity (Wildman–Crippen MR) is 135 cm³/mol. The summed E-state index contributed by atoms with van der Waals surface area (Å²) in [6.07, 6.45) is 8.23. The van der Waals surface area contributed by atoms with Crippen LogP contribution in [0, 0.1) is 11.6 Å². The summed E-state index contributed by atoms with van der Waals surface area (Å²) >= 11 is 0. The summed E-state index contributed by atoms with van der Waals surface area (Å²) in [6, 6.07) is 10.8. The van der Waals surface area contributed by atoms with Gasteiger partial charge in [0.05, 0.1) is 12.1 Å². The van der Waals surface area contributed by atoms with Crippen LogP contribution in [0.1, 0.15) is 60.5 Å². The fourth-order valence-corrected chi connectivity index (χ4v) is 4.83. The molecule has 1 saturated heterocycles. The number of aryl methyl sites for hydroxylation is 1. The number of likely N-dealkylation sites (tertiary alicyclic amines) is 1. The molecule has 7 nitrogen and oxygen atoms in total. The van der Waals surface area contributed by atoms with Crippen LogP contribution < -0.4 is 0 Å². The number of hydrogen-bond acceptors (Lipinski definition) is 6. The van der Waals surface area contributed by atoms with Gasteiger partial charge in [0.15, 0.2) is 0 Å². The van der Waals surface area contributed by atoms with Gasteiger partial charge in [0.25, 0.3) is 0 Å². The summed E-state index contributed by atoms with van der Waals surface area (Å²) in [4.78, 5) is 18.5. The Balaban J connectivity index is 1.34. The van der Waals surface area contributed by atoms with E-state index in [0.717, 1.165) is 25.0 Å². The first-order valence-electron chi connectivity index (χ1n) is 12.9. The molecule has 3 aromatic rings. The van der Waals surface area contributed by atoms with Crippen LogP contribution in [0.15, 0.2) is 55.1 Å². The van der Waals surface area contributed by atoms with Crippen molar-refractivity contribution in [1.29, 1.82) is 0 Å². The maximum Gasteiger partial charge on any atom is 0.338 e. The Labute approximate surface area is 216 Å². The highest BCUT2D eigenvalue weighted by molar-refractivity contribution is 5.89. The molecule has 0 spiro atoms. The number of rotatable bonds is 11. The molecule has 0 aliphatic carbocycles. The maximum atomic E-state index is 14.7. The molecule has 0 radical (unpaired) electrons. The SMILES string of the molecule is CCCCCc1ccc(C(=O)OC2CCN(CC(O)(Cn3cncn3)c3ccc(F)cc3F)CC2)cc1. The Kier molecular flexibility index (Phi) is 9.00. The third-order valence-corrected chi connectivity index (χ3v) is 6.87. The van der Waals surface area contributed by atoms with Gasteiger partial charge in [0.1, 0.15) is 36.0 Å². The zero-order valence-electron chi connectivity index (χ0n) is 21.2. The second-order valence-corrected chi connectivity index (χ2v) is 9.78.